The third-order valence-electron chi connectivity index (χ3n) is 9.98. The second kappa shape index (κ2) is 22.8. The largest absolute Gasteiger partial charge is 0.393 e. The van der Waals surface area contributed by atoms with Gasteiger partial charge in [0.2, 0.25) is 0 Å². The standard InChI is InChI=1S/C36H66O3/c1-3-5-7-9-11-13-15-23-29-33(31-25-19-17-20-26-31)35(37)39-36(38)34(32-27-21-18-22-28-32)30-24-16-14-12-10-8-6-4-2/h31-34H,3-30H2,1-2H3. The minimum Gasteiger partial charge on any atom is -0.393 e. The average Bonchev–Trinajstić information content (AvgIpc) is 2.96. The first-order valence-corrected chi connectivity index (χ1v) is 17.9. The molecule has 2 aliphatic carbocycles. The van der Waals surface area contributed by atoms with Crippen molar-refractivity contribution in [3.8, 4) is 0 Å². The maximum atomic E-state index is 13.5. The number of hydrogen-bond acceptors (Lipinski definition) is 3. The van der Waals surface area contributed by atoms with Crippen molar-refractivity contribution in [2.45, 2.75) is 194 Å². The van der Waals surface area contributed by atoms with Crippen LogP contribution in [0, 0.1) is 23.7 Å². The monoisotopic (exact) mass is 547 g/mol. The molecule has 2 fully saturated rings. The molecule has 3 nitrogen and oxygen atoms in total. The Morgan fingerprint density at radius 3 is 1.13 bits per heavy atom. The Labute approximate surface area is 243 Å². The average molecular weight is 547 g/mol. The molecule has 0 radical (unpaired) electrons. The summed E-state index contributed by atoms with van der Waals surface area (Å²) in [5.41, 5.74) is 0. The summed E-state index contributed by atoms with van der Waals surface area (Å²) in [6.45, 7) is 4.53. The Kier molecular flexibility index (Phi) is 20.1. The highest BCUT2D eigenvalue weighted by atomic mass is 16.6. The predicted octanol–water partition coefficient (Wildman–Crippen LogP) is 11.5. The van der Waals surface area contributed by atoms with Crippen LogP contribution in [0.2, 0.25) is 0 Å². The second-order valence-corrected chi connectivity index (χ2v) is 13.3. The minimum absolute atomic E-state index is 0.0653. The summed E-state index contributed by atoms with van der Waals surface area (Å²) in [5.74, 6) is 0.362. The van der Waals surface area contributed by atoms with E-state index in [-0.39, 0.29) is 23.8 Å². The molecule has 0 aliphatic heterocycles. The van der Waals surface area contributed by atoms with Crippen molar-refractivity contribution in [3.63, 3.8) is 0 Å². The Morgan fingerprint density at radius 1 is 0.487 bits per heavy atom. The molecule has 2 saturated carbocycles. The molecule has 0 amide bonds. The molecule has 0 aromatic carbocycles. The Morgan fingerprint density at radius 2 is 0.795 bits per heavy atom. The normalized spacial score (nSPS) is 18.6. The van der Waals surface area contributed by atoms with Gasteiger partial charge in [0, 0.05) is 0 Å². The van der Waals surface area contributed by atoms with E-state index in [0.29, 0.717) is 11.8 Å². The van der Waals surface area contributed by atoms with Crippen LogP contribution < -0.4 is 0 Å². The fourth-order valence-corrected chi connectivity index (χ4v) is 7.41. The number of unbranched alkanes of at least 4 members (excludes halogenated alkanes) is 14. The summed E-state index contributed by atoms with van der Waals surface area (Å²) in [6.07, 6.45) is 34.3. The fraction of sp³-hybridized carbons (Fsp3) is 0.944. The molecule has 2 atom stereocenters. The predicted molar refractivity (Wildman–Crippen MR) is 166 cm³/mol. The minimum atomic E-state index is -0.174. The van der Waals surface area contributed by atoms with Crippen LogP contribution in [-0.4, -0.2) is 11.9 Å². The number of carbonyl (C=O) groups excluding carboxylic acids is 2. The molecule has 2 aliphatic rings. The van der Waals surface area contributed by atoms with Gasteiger partial charge in [0.15, 0.2) is 0 Å². The highest BCUT2D eigenvalue weighted by Crippen LogP contribution is 2.36. The van der Waals surface area contributed by atoms with Gasteiger partial charge in [0.1, 0.15) is 0 Å². The van der Waals surface area contributed by atoms with E-state index in [4.69, 9.17) is 4.74 Å². The molecule has 3 heteroatoms. The van der Waals surface area contributed by atoms with Crippen LogP contribution in [-0.2, 0) is 14.3 Å². The second-order valence-electron chi connectivity index (χ2n) is 13.3. The van der Waals surface area contributed by atoms with Crippen LogP contribution in [0.5, 0.6) is 0 Å². The summed E-state index contributed by atoms with van der Waals surface area (Å²) in [5, 5.41) is 0. The molecule has 228 valence electrons. The van der Waals surface area contributed by atoms with Gasteiger partial charge in [-0.25, -0.2) is 0 Å². The van der Waals surface area contributed by atoms with Gasteiger partial charge in [-0.1, -0.05) is 155 Å². The maximum absolute atomic E-state index is 13.5. The van der Waals surface area contributed by atoms with Crippen molar-refractivity contribution in [2.24, 2.45) is 23.7 Å². The van der Waals surface area contributed by atoms with Crippen molar-refractivity contribution in [1.82, 2.24) is 0 Å². The number of esters is 2. The quantitative estimate of drug-likeness (QED) is 0.0770. The zero-order valence-electron chi connectivity index (χ0n) is 26.3. The molecule has 0 saturated heterocycles. The maximum Gasteiger partial charge on any atom is 0.316 e. The van der Waals surface area contributed by atoms with Crippen molar-refractivity contribution < 1.29 is 14.3 Å². The number of rotatable bonds is 22. The first-order valence-electron chi connectivity index (χ1n) is 17.9. The smallest absolute Gasteiger partial charge is 0.316 e. The van der Waals surface area contributed by atoms with Gasteiger partial charge in [-0.3, -0.25) is 9.59 Å². The molecule has 39 heavy (non-hydrogen) atoms. The molecular formula is C36H66O3. The number of ether oxygens (including phenoxy) is 1. The molecule has 0 heterocycles. The van der Waals surface area contributed by atoms with Crippen molar-refractivity contribution in [1.29, 1.82) is 0 Å². The molecule has 0 N–H and O–H groups in total. The molecular weight excluding hydrogens is 480 g/mol. The van der Waals surface area contributed by atoms with Crippen LogP contribution in [0.3, 0.4) is 0 Å². The lowest BCUT2D eigenvalue weighted by Gasteiger charge is -2.31. The zero-order valence-corrected chi connectivity index (χ0v) is 26.3. The first kappa shape index (κ1) is 34.3. The summed E-state index contributed by atoms with van der Waals surface area (Å²) in [7, 11) is 0. The van der Waals surface area contributed by atoms with Gasteiger partial charge in [-0.15, -0.1) is 0 Å². The van der Waals surface area contributed by atoms with E-state index >= 15 is 0 Å². The lowest BCUT2D eigenvalue weighted by Crippen LogP contribution is -2.34. The van der Waals surface area contributed by atoms with Crippen LogP contribution in [0.1, 0.15) is 194 Å². The van der Waals surface area contributed by atoms with E-state index in [9.17, 15) is 9.59 Å². The Bertz CT molecular complexity index is 550. The fourth-order valence-electron chi connectivity index (χ4n) is 7.41. The highest BCUT2D eigenvalue weighted by molar-refractivity contribution is 5.88. The van der Waals surface area contributed by atoms with E-state index < -0.39 is 0 Å². The SMILES string of the molecule is CCCCCCCCCCC(C(=O)OC(=O)C(CCCCCCCCCC)C1CCCCC1)C1CCCCC1. The number of carbonyl (C=O) groups is 2. The van der Waals surface area contributed by atoms with Crippen LogP contribution in [0.25, 0.3) is 0 Å². The Hall–Kier alpha value is -0.860. The van der Waals surface area contributed by atoms with Gasteiger partial charge in [-0.05, 0) is 50.4 Å². The van der Waals surface area contributed by atoms with Gasteiger partial charge < -0.3 is 4.74 Å². The van der Waals surface area contributed by atoms with Crippen LogP contribution in [0.4, 0.5) is 0 Å². The van der Waals surface area contributed by atoms with E-state index in [2.05, 4.69) is 13.8 Å². The first-order chi connectivity index (χ1) is 19.2. The molecule has 0 aromatic heterocycles. The topological polar surface area (TPSA) is 43.4 Å². The summed E-state index contributed by atoms with van der Waals surface area (Å²) in [4.78, 5) is 27.1. The third-order valence-corrected chi connectivity index (χ3v) is 9.98. The van der Waals surface area contributed by atoms with Gasteiger partial charge in [0.25, 0.3) is 0 Å². The summed E-state index contributed by atoms with van der Waals surface area (Å²) in [6, 6.07) is 0. The third kappa shape index (κ3) is 15.1. The van der Waals surface area contributed by atoms with Crippen molar-refractivity contribution in [2.75, 3.05) is 0 Å². The molecule has 0 aromatic rings. The van der Waals surface area contributed by atoms with E-state index in [0.717, 1.165) is 51.4 Å². The van der Waals surface area contributed by atoms with Gasteiger partial charge in [0.05, 0.1) is 11.8 Å². The highest BCUT2D eigenvalue weighted by Gasteiger charge is 2.36. The van der Waals surface area contributed by atoms with E-state index in [1.807, 2.05) is 0 Å². The zero-order chi connectivity index (χ0) is 28.0. The Balaban J connectivity index is 1.85. The van der Waals surface area contributed by atoms with Crippen LogP contribution >= 0.6 is 0 Å². The summed E-state index contributed by atoms with van der Waals surface area (Å²) >= 11 is 0. The van der Waals surface area contributed by atoms with E-state index in [1.54, 1.807) is 0 Å². The van der Waals surface area contributed by atoms with Gasteiger partial charge in [-0.2, -0.15) is 0 Å². The van der Waals surface area contributed by atoms with Crippen molar-refractivity contribution >= 4 is 11.9 Å². The lowest BCUT2D eigenvalue weighted by atomic mass is 9.77. The lowest BCUT2D eigenvalue weighted by molar-refractivity contribution is -0.169. The molecule has 0 spiro atoms. The van der Waals surface area contributed by atoms with Crippen LogP contribution in [0.15, 0.2) is 0 Å². The molecule has 2 unspecified atom stereocenters. The molecule has 0 bridgehead atoms. The van der Waals surface area contributed by atoms with Crippen molar-refractivity contribution in [3.05, 3.63) is 0 Å². The van der Waals surface area contributed by atoms with E-state index in [1.165, 1.54) is 128 Å². The van der Waals surface area contributed by atoms with Gasteiger partial charge >= 0.3 is 11.9 Å². The number of hydrogen-bond donors (Lipinski definition) is 0. The summed E-state index contributed by atoms with van der Waals surface area (Å²) < 4.78 is 5.85. The molecule has 2 rings (SSSR count).